The van der Waals surface area contributed by atoms with Crippen LogP contribution in [0.1, 0.15) is 40.0 Å². The highest BCUT2D eigenvalue weighted by molar-refractivity contribution is 5.26. The zero-order valence-corrected chi connectivity index (χ0v) is 7.35. The van der Waals surface area contributed by atoms with Crippen LogP contribution in [-0.4, -0.2) is 0 Å². The van der Waals surface area contributed by atoms with Crippen LogP contribution in [0.4, 0.5) is 0 Å². The summed E-state index contributed by atoms with van der Waals surface area (Å²) >= 11 is 0. The van der Waals surface area contributed by atoms with Gasteiger partial charge in [-0.3, -0.25) is 0 Å². The monoisotopic (exact) mass is 138 g/mol. The standard InChI is InChI=1S/C10H18/c1-4-7(3)10-6-9(10)8(10)5-2/h7-9H,4-6H2,1-3H3. The van der Waals surface area contributed by atoms with E-state index in [0.717, 1.165) is 17.3 Å². The first-order valence-electron chi connectivity index (χ1n) is 4.77. The first-order chi connectivity index (χ1) is 4.77. The molecule has 0 bridgehead atoms. The summed E-state index contributed by atoms with van der Waals surface area (Å²) in [6.45, 7) is 7.12. The third-order valence-electron chi connectivity index (χ3n) is 4.14. The van der Waals surface area contributed by atoms with E-state index >= 15 is 0 Å². The van der Waals surface area contributed by atoms with Gasteiger partial charge in [0, 0.05) is 0 Å². The smallest absolute Gasteiger partial charge is 0.0207 e. The predicted molar refractivity (Wildman–Crippen MR) is 43.8 cm³/mol. The molecule has 10 heavy (non-hydrogen) atoms. The molecule has 2 fully saturated rings. The molecule has 0 spiro atoms. The van der Waals surface area contributed by atoms with E-state index < -0.39 is 0 Å². The summed E-state index contributed by atoms with van der Waals surface area (Å²) in [5.74, 6) is 3.33. The normalized spacial score (nSPS) is 51.9. The third kappa shape index (κ3) is 0.538. The summed E-state index contributed by atoms with van der Waals surface area (Å²) in [5.41, 5.74) is 0.892. The Morgan fingerprint density at radius 2 is 2.20 bits per heavy atom. The highest BCUT2D eigenvalue weighted by Gasteiger charge is 2.78. The fraction of sp³-hybridized carbons (Fsp3) is 1.00. The Kier molecular flexibility index (Phi) is 1.19. The zero-order valence-electron chi connectivity index (χ0n) is 7.35. The largest absolute Gasteiger partial charge is 0.0651 e. The van der Waals surface area contributed by atoms with Gasteiger partial charge < -0.3 is 0 Å². The van der Waals surface area contributed by atoms with Crippen molar-refractivity contribution < 1.29 is 0 Å². The van der Waals surface area contributed by atoms with E-state index in [0.29, 0.717) is 0 Å². The fourth-order valence-electron chi connectivity index (χ4n) is 3.06. The van der Waals surface area contributed by atoms with Crippen LogP contribution in [-0.2, 0) is 0 Å². The molecule has 0 N–H and O–H groups in total. The lowest BCUT2D eigenvalue weighted by atomic mass is 9.89. The van der Waals surface area contributed by atoms with E-state index in [9.17, 15) is 0 Å². The Morgan fingerprint density at radius 1 is 1.50 bits per heavy atom. The second-order valence-corrected chi connectivity index (χ2v) is 4.25. The van der Waals surface area contributed by atoms with E-state index in [1.165, 1.54) is 18.8 Å². The quantitative estimate of drug-likeness (QED) is 0.562. The van der Waals surface area contributed by atoms with E-state index in [2.05, 4.69) is 20.8 Å². The minimum Gasteiger partial charge on any atom is -0.0651 e. The van der Waals surface area contributed by atoms with Crippen LogP contribution in [0.5, 0.6) is 0 Å². The molecule has 0 amide bonds. The molecule has 0 aliphatic heterocycles. The van der Waals surface area contributed by atoms with Gasteiger partial charge in [-0.25, -0.2) is 0 Å². The maximum atomic E-state index is 2.44. The molecule has 2 rings (SSSR count). The molecule has 2 saturated carbocycles. The molecule has 0 saturated heterocycles. The van der Waals surface area contributed by atoms with E-state index in [-0.39, 0.29) is 0 Å². The number of fused-ring (bicyclic) bond motifs is 1. The highest BCUT2D eigenvalue weighted by atomic mass is 14.8. The van der Waals surface area contributed by atoms with Crippen molar-refractivity contribution in [1.29, 1.82) is 0 Å². The predicted octanol–water partition coefficient (Wildman–Crippen LogP) is 3.08. The molecule has 0 aromatic rings. The first-order valence-corrected chi connectivity index (χ1v) is 4.77. The Morgan fingerprint density at radius 3 is 2.50 bits per heavy atom. The summed E-state index contributed by atoms with van der Waals surface area (Å²) < 4.78 is 0. The molecule has 4 atom stereocenters. The molecule has 2 aliphatic rings. The van der Waals surface area contributed by atoms with Crippen LogP contribution < -0.4 is 0 Å². The van der Waals surface area contributed by atoms with Crippen molar-refractivity contribution >= 4 is 0 Å². The first kappa shape index (κ1) is 6.69. The summed E-state index contributed by atoms with van der Waals surface area (Å²) in [7, 11) is 0. The van der Waals surface area contributed by atoms with Gasteiger partial charge in [-0.1, -0.05) is 33.6 Å². The van der Waals surface area contributed by atoms with Crippen molar-refractivity contribution in [2.75, 3.05) is 0 Å². The van der Waals surface area contributed by atoms with Gasteiger partial charge in [-0.2, -0.15) is 0 Å². The average molecular weight is 138 g/mol. The van der Waals surface area contributed by atoms with Crippen LogP contribution in [0.25, 0.3) is 0 Å². The van der Waals surface area contributed by atoms with Crippen LogP contribution in [0.2, 0.25) is 0 Å². The topological polar surface area (TPSA) is 0 Å². The van der Waals surface area contributed by atoms with Crippen molar-refractivity contribution in [2.45, 2.75) is 40.0 Å². The molecular formula is C10H18. The number of rotatable bonds is 3. The Labute approximate surface area is 64.0 Å². The van der Waals surface area contributed by atoms with Gasteiger partial charge in [0.05, 0.1) is 0 Å². The molecule has 2 aliphatic carbocycles. The molecular weight excluding hydrogens is 120 g/mol. The van der Waals surface area contributed by atoms with Crippen LogP contribution in [0.3, 0.4) is 0 Å². The molecule has 58 valence electrons. The van der Waals surface area contributed by atoms with Gasteiger partial charge in [0.25, 0.3) is 0 Å². The van der Waals surface area contributed by atoms with E-state index in [1.807, 2.05) is 0 Å². The van der Waals surface area contributed by atoms with Crippen molar-refractivity contribution in [2.24, 2.45) is 23.2 Å². The average Bonchev–Trinajstić information content (AvgIpc) is 2.73. The summed E-state index contributed by atoms with van der Waals surface area (Å²) in [4.78, 5) is 0. The Balaban J connectivity index is 1.96. The lowest BCUT2D eigenvalue weighted by Crippen LogP contribution is -2.07. The maximum absolute atomic E-state index is 2.44. The number of hydrogen-bond acceptors (Lipinski definition) is 0. The molecule has 0 aromatic carbocycles. The van der Waals surface area contributed by atoms with Gasteiger partial charge in [-0.05, 0) is 29.6 Å². The Bertz CT molecular complexity index is 150. The van der Waals surface area contributed by atoms with Crippen LogP contribution in [0.15, 0.2) is 0 Å². The minimum absolute atomic E-state index is 0.892. The molecule has 0 nitrogen and oxygen atoms in total. The second kappa shape index (κ2) is 1.78. The maximum Gasteiger partial charge on any atom is -0.0207 e. The van der Waals surface area contributed by atoms with Gasteiger partial charge in [-0.15, -0.1) is 0 Å². The molecule has 0 heteroatoms. The van der Waals surface area contributed by atoms with Crippen molar-refractivity contribution in [3.05, 3.63) is 0 Å². The second-order valence-electron chi connectivity index (χ2n) is 4.25. The van der Waals surface area contributed by atoms with Gasteiger partial charge in [0.2, 0.25) is 0 Å². The molecule has 0 aromatic heterocycles. The molecule has 0 radical (unpaired) electrons. The van der Waals surface area contributed by atoms with E-state index in [4.69, 9.17) is 0 Å². The molecule has 4 unspecified atom stereocenters. The number of hydrogen-bond donors (Lipinski definition) is 0. The lowest BCUT2D eigenvalue weighted by molar-refractivity contribution is 0.338. The van der Waals surface area contributed by atoms with Crippen LogP contribution >= 0.6 is 0 Å². The van der Waals surface area contributed by atoms with Crippen molar-refractivity contribution in [3.63, 3.8) is 0 Å². The Hall–Kier alpha value is 0. The van der Waals surface area contributed by atoms with Gasteiger partial charge >= 0.3 is 0 Å². The zero-order chi connectivity index (χ0) is 7.35. The fourth-order valence-corrected chi connectivity index (χ4v) is 3.06. The summed E-state index contributed by atoms with van der Waals surface area (Å²) in [6.07, 6.45) is 4.41. The van der Waals surface area contributed by atoms with Crippen molar-refractivity contribution in [3.8, 4) is 0 Å². The SMILES string of the molecule is CCC(C)C12CC1C2CC. The minimum atomic E-state index is 0.892. The van der Waals surface area contributed by atoms with Crippen molar-refractivity contribution in [1.82, 2.24) is 0 Å². The summed E-state index contributed by atoms with van der Waals surface area (Å²) in [6, 6.07) is 0. The highest BCUT2D eigenvalue weighted by Crippen LogP contribution is 2.84. The van der Waals surface area contributed by atoms with Gasteiger partial charge in [0.1, 0.15) is 0 Å². The lowest BCUT2D eigenvalue weighted by Gasteiger charge is -2.15. The molecule has 0 heterocycles. The van der Waals surface area contributed by atoms with Crippen LogP contribution in [0, 0.1) is 23.2 Å². The van der Waals surface area contributed by atoms with Gasteiger partial charge in [0.15, 0.2) is 0 Å². The summed E-state index contributed by atoms with van der Waals surface area (Å²) in [5, 5.41) is 0. The van der Waals surface area contributed by atoms with E-state index in [1.54, 1.807) is 6.42 Å². The third-order valence-corrected chi connectivity index (χ3v) is 4.14.